The van der Waals surface area contributed by atoms with Gasteiger partial charge in [0.2, 0.25) is 0 Å². The summed E-state index contributed by atoms with van der Waals surface area (Å²) in [6, 6.07) is 52.5. The first-order valence-electron chi connectivity index (χ1n) is 16.6. The van der Waals surface area contributed by atoms with Crippen molar-refractivity contribution in [1.82, 2.24) is 15.0 Å². The third-order valence-corrected chi connectivity index (χ3v) is 9.30. The first-order valence-corrected chi connectivity index (χ1v) is 16.6. The minimum atomic E-state index is 0.279. The lowest BCUT2D eigenvalue weighted by molar-refractivity contribution is 0.669. The van der Waals surface area contributed by atoms with Crippen molar-refractivity contribution in [2.24, 2.45) is 0 Å². The molecular formula is C45H31N3O. The molecule has 1 aliphatic rings. The van der Waals surface area contributed by atoms with Crippen LogP contribution in [0.5, 0.6) is 0 Å². The van der Waals surface area contributed by atoms with Crippen molar-refractivity contribution in [3.8, 4) is 45.0 Å². The highest BCUT2D eigenvalue weighted by Crippen LogP contribution is 2.39. The maximum absolute atomic E-state index is 6.53. The van der Waals surface area contributed by atoms with Crippen LogP contribution in [0.2, 0.25) is 0 Å². The van der Waals surface area contributed by atoms with Crippen LogP contribution in [0.4, 0.5) is 0 Å². The van der Waals surface area contributed by atoms with E-state index in [2.05, 4.69) is 109 Å². The number of aromatic nitrogens is 3. The van der Waals surface area contributed by atoms with E-state index in [-0.39, 0.29) is 5.92 Å². The van der Waals surface area contributed by atoms with E-state index in [1.54, 1.807) is 0 Å². The lowest BCUT2D eigenvalue weighted by Gasteiger charge is -2.17. The first kappa shape index (κ1) is 28.8. The molecule has 6 aromatic carbocycles. The Kier molecular flexibility index (Phi) is 7.25. The third kappa shape index (κ3) is 5.53. The summed E-state index contributed by atoms with van der Waals surface area (Å²) in [5.74, 6) is 2.13. The number of hydrogen-bond donors (Lipinski definition) is 0. The number of rotatable bonds is 6. The summed E-state index contributed by atoms with van der Waals surface area (Å²) in [5.41, 5.74) is 10.3. The molecule has 0 N–H and O–H groups in total. The normalized spacial score (nSPS) is 14.3. The van der Waals surface area contributed by atoms with Gasteiger partial charge in [-0.05, 0) is 52.4 Å². The average molecular weight is 630 g/mol. The van der Waals surface area contributed by atoms with Crippen molar-refractivity contribution in [2.75, 3.05) is 0 Å². The number of furan rings is 1. The number of fused-ring (bicyclic) bond motifs is 3. The van der Waals surface area contributed by atoms with Gasteiger partial charge in [-0.2, -0.15) is 0 Å². The van der Waals surface area contributed by atoms with E-state index in [0.29, 0.717) is 17.5 Å². The lowest BCUT2D eigenvalue weighted by Crippen LogP contribution is -2.05. The van der Waals surface area contributed by atoms with Gasteiger partial charge >= 0.3 is 0 Å². The zero-order valence-corrected chi connectivity index (χ0v) is 26.7. The Hall–Kier alpha value is -6.39. The second kappa shape index (κ2) is 12.3. The highest BCUT2D eigenvalue weighted by atomic mass is 16.3. The van der Waals surface area contributed by atoms with Crippen molar-refractivity contribution in [3.05, 3.63) is 181 Å². The predicted octanol–water partition coefficient (Wildman–Crippen LogP) is 11.6. The molecule has 8 aromatic rings. The maximum Gasteiger partial charge on any atom is 0.167 e. The van der Waals surface area contributed by atoms with Crippen LogP contribution in [-0.4, -0.2) is 15.0 Å². The second-order valence-corrected chi connectivity index (χ2v) is 12.4. The molecule has 0 fully saturated rings. The van der Waals surface area contributed by atoms with Crippen LogP contribution < -0.4 is 0 Å². The maximum atomic E-state index is 6.53. The molecule has 0 saturated carbocycles. The van der Waals surface area contributed by atoms with E-state index in [1.165, 1.54) is 16.7 Å². The summed E-state index contributed by atoms with van der Waals surface area (Å²) in [7, 11) is 0. The molecule has 4 nitrogen and oxygen atoms in total. The van der Waals surface area contributed by atoms with Crippen LogP contribution in [0.25, 0.3) is 72.5 Å². The largest absolute Gasteiger partial charge is 0.455 e. The third-order valence-electron chi connectivity index (χ3n) is 9.30. The van der Waals surface area contributed by atoms with E-state index in [1.807, 2.05) is 60.7 Å². The summed E-state index contributed by atoms with van der Waals surface area (Å²) in [6.07, 6.45) is 7.53. The van der Waals surface area contributed by atoms with Gasteiger partial charge in [0, 0.05) is 27.8 Å². The summed E-state index contributed by atoms with van der Waals surface area (Å²) in [6.45, 7) is 0. The van der Waals surface area contributed by atoms with Crippen molar-refractivity contribution >= 4 is 27.5 Å². The Bertz CT molecular complexity index is 2500. The van der Waals surface area contributed by atoms with Crippen LogP contribution >= 0.6 is 0 Å². The molecule has 4 heteroatoms. The molecule has 0 saturated heterocycles. The van der Waals surface area contributed by atoms with Gasteiger partial charge in [-0.25, -0.2) is 15.0 Å². The molecule has 1 aliphatic carbocycles. The average Bonchev–Trinajstić information content (AvgIpc) is 3.57. The highest BCUT2D eigenvalue weighted by Gasteiger charge is 2.21. The molecule has 232 valence electrons. The molecule has 1 atom stereocenters. The number of para-hydroxylation sites is 1. The molecule has 0 spiro atoms. The van der Waals surface area contributed by atoms with Gasteiger partial charge in [-0.15, -0.1) is 0 Å². The molecule has 49 heavy (non-hydrogen) atoms. The standard InChI is InChI=1S/C45H31N3O/c1-4-12-30(13-5-1)32-20-22-33(23-21-32)34-24-26-36(27-25-34)44-46-43(35-16-8-3-9-17-35)47-45(48-44)40-29-37(31-14-6-2-7-15-31)28-39-38-18-10-11-19-41(38)49-42(39)40/h1-24,26-29,34H,25H2. The van der Waals surface area contributed by atoms with Crippen molar-refractivity contribution in [3.63, 3.8) is 0 Å². The first-order chi connectivity index (χ1) is 24.3. The van der Waals surface area contributed by atoms with Gasteiger partial charge in [0.05, 0.1) is 5.56 Å². The summed E-state index contributed by atoms with van der Waals surface area (Å²) >= 11 is 0. The second-order valence-electron chi connectivity index (χ2n) is 12.4. The Labute approximate surface area is 284 Å². The number of benzene rings is 6. The van der Waals surface area contributed by atoms with E-state index in [4.69, 9.17) is 19.4 Å². The molecule has 2 heterocycles. The van der Waals surface area contributed by atoms with Crippen LogP contribution in [0.1, 0.15) is 23.7 Å². The molecule has 0 amide bonds. The van der Waals surface area contributed by atoms with Gasteiger partial charge in [-0.3, -0.25) is 0 Å². The number of allylic oxidation sites excluding steroid dienone is 4. The SMILES string of the molecule is C1=CC(c2ccc(-c3ccccc3)cc2)CC=C1c1nc(-c2ccccc2)nc(-c2cc(-c3ccccc3)cc3c2oc2ccccc23)n1. The zero-order valence-electron chi connectivity index (χ0n) is 26.7. The van der Waals surface area contributed by atoms with Gasteiger partial charge in [0.1, 0.15) is 11.2 Å². The number of nitrogens with zero attached hydrogens (tertiary/aromatic N) is 3. The number of hydrogen-bond acceptors (Lipinski definition) is 4. The van der Waals surface area contributed by atoms with Gasteiger partial charge in [0.25, 0.3) is 0 Å². The van der Waals surface area contributed by atoms with E-state index >= 15 is 0 Å². The van der Waals surface area contributed by atoms with Crippen LogP contribution in [0.15, 0.2) is 174 Å². The minimum Gasteiger partial charge on any atom is -0.455 e. The molecule has 0 radical (unpaired) electrons. The minimum absolute atomic E-state index is 0.279. The van der Waals surface area contributed by atoms with Crippen LogP contribution in [0.3, 0.4) is 0 Å². The van der Waals surface area contributed by atoms with Crippen LogP contribution in [-0.2, 0) is 0 Å². The van der Waals surface area contributed by atoms with E-state index in [0.717, 1.165) is 56.2 Å². The molecule has 9 rings (SSSR count). The van der Waals surface area contributed by atoms with E-state index in [9.17, 15) is 0 Å². The monoisotopic (exact) mass is 629 g/mol. The molecular weight excluding hydrogens is 599 g/mol. The van der Waals surface area contributed by atoms with E-state index < -0.39 is 0 Å². The fraction of sp³-hybridized carbons (Fsp3) is 0.0444. The topological polar surface area (TPSA) is 51.8 Å². The lowest BCUT2D eigenvalue weighted by atomic mass is 9.89. The molecule has 0 aliphatic heterocycles. The van der Waals surface area contributed by atoms with Crippen molar-refractivity contribution in [2.45, 2.75) is 12.3 Å². The fourth-order valence-electron chi connectivity index (χ4n) is 6.72. The van der Waals surface area contributed by atoms with Gasteiger partial charge < -0.3 is 4.42 Å². The highest BCUT2D eigenvalue weighted by molar-refractivity contribution is 6.11. The zero-order chi connectivity index (χ0) is 32.6. The Balaban J connectivity index is 1.14. The fourth-order valence-corrected chi connectivity index (χ4v) is 6.72. The van der Waals surface area contributed by atoms with Gasteiger partial charge in [0.15, 0.2) is 17.5 Å². The smallest absolute Gasteiger partial charge is 0.167 e. The predicted molar refractivity (Wildman–Crippen MR) is 200 cm³/mol. The quantitative estimate of drug-likeness (QED) is 0.184. The van der Waals surface area contributed by atoms with Gasteiger partial charge in [-0.1, -0.05) is 152 Å². The van der Waals surface area contributed by atoms with Crippen LogP contribution in [0, 0.1) is 0 Å². The molecule has 0 bridgehead atoms. The molecule has 2 aromatic heterocycles. The summed E-state index contributed by atoms with van der Waals surface area (Å²) in [5, 5.41) is 2.10. The van der Waals surface area contributed by atoms with Crippen molar-refractivity contribution < 1.29 is 4.42 Å². The van der Waals surface area contributed by atoms with Crippen molar-refractivity contribution in [1.29, 1.82) is 0 Å². The Morgan fingerprint density at radius 1 is 0.490 bits per heavy atom. The summed E-state index contributed by atoms with van der Waals surface area (Å²) < 4.78 is 6.53. The molecule has 1 unspecified atom stereocenters. The Morgan fingerprint density at radius 2 is 1.08 bits per heavy atom. The summed E-state index contributed by atoms with van der Waals surface area (Å²) in [4.78, 5) is 15.3. The Morgan fingerprint density at radius 3 is 1.78 bits per heavy atom.